The van der Waals surface area contributed by atoms with Crippen LogP contribution in [0.4, 0.5) is 0 Å². The van der Waals surface area contributed by atoms with Gasteiger partial charge in [-0.2, -0.15) is 0 Å². The van der Waals surface area contributed by atoms with Crippen LogP contribution in [0.2, 0.25) is 0 Å². The normalized spacial score (nSPS) is 28.7. The van der Waals surface area contributed by atoms with Crippen molar-refractivity contribution < 1.29 is 14.5 Å². The Hall–Kier alpha value is 0.240. The van der Waals surface area contributed by atoms with Crippen LogP contribution in [0.5, 0.6) is 0 Å². The van der Waals surface area contributed by atoms with E-state index in [1.54, 1.807) is 0 Å². The fourth-order valence-electron chi connectivity index (χ4n) is 1.68. The maximum absolute atomic E-state index is 11.0. The summed E-state index contributed by atoms with van der Waals surface area (Å²) >= 11 is 10.7. The largest absolute Gasteiger partial charge is 0.481 e. The maximum Gasteiger partial charge on any atom is 0.319 e. The molecule has 0 aromatic rings. The molecule has 1 aliphatic rings. The number of aliphatic carboxylic acids is 1. The van der Waals surface area contributed by atoms with Crippen molar-refractivity contribution in [2.24, 2.45) is 5.92 Å². The third-order valence-electron chi connectivity index (χ3n) is 2.41. The third-order valence-corrected chi connectivity index (χ3v) is 3.66. The number of carboxylic acid groups (broad SMARTS) is 1. The molecule has 82 valence electrons. The van der Waals surface area contributed by atoms with Crippen molar-refractivity contribution in [3.8, 4) is 0 Å². The molecule has 0 aliphatic heterocycles. The molecule has 0 radical (unpaired) electrons. The van der Waals surface area contributed by atoms with E-state index in [0.29, 0.717) is 25.7 Å². The minimum Gasteiger partial charge on any atom is -0.481 e. The van der Waals surface area contributed by atoms with Crippen LogP contribution in [0.25, 0.3) is 0 Å². The molecule has 0 aromatic heterocycles. The zero-order valence-corrected chi connectivity index (χ0v) is 9.86. The van der Waals surface area contributed by atoms with E-state index in [4.69, 9.17) is 27.6 Å². The summed E-state index contributed by atoms with van der Waals surface area (Å²) in [6.45, 7) is 0. The first-order valence-corrected chi connectivity index (χ1v) is 7.90. The van der Waals surface area contributed by atoms with Crippen molar-refractivity contribution in [2.75, 3.05) is 0 Å². The Morgan fingerprint density at radius 2 is 1.79 bits per heavy atom. The molecule has 0 heterocycles. The Balaban J connectivity index is 2.36. The van der Waals surface area contributed by atoms with Crippen molar-refractivity contribution in [3.05, 3.63) is 0 Å². The number of hydrogen-bond donors (Lipinski definition) is 2. The van der Waals surface area contributed by atoms with Crippen LogP contribution in [0, 0.1) is 5.92 Å². The van der Waals surface area contributed by atoms with Crippen LogP contribution in [-0.4, -0.2) is 17.1 Å². The molecule has 4 nitrogen and oxygen atoms in total. The van der Waals surface area contributed by atoms with Gasteiger partial charge in [-0.1, -0.05) is 0 Å². The van der Waals surface area contributed by atoms with E-state index in [1.807, 2.05) is 0 Å². The second kappa shape index (κ2) is 4.84. The van der Waals surface area contributed by atoms with E-state index in [-0.39, 0.29) is 12.0 Å². The SMILES string of the molecule is O=C(O)C1CCC(NP(=O)(Cl)Cl)CC1. The topological polar surface area (TPSA) is 66.4 Å². The second-order valence-electron chi connectivity index (χ2n) is 3.48. The van der Waals surface area contributed by atoms with E-state index >= 15 is 0 Å². The Morgan fingerprint density at radius 1 is 1.29 bits per heavy atom. The van der Waals surface area contributed by atoms with Crippen molar-refractivity contribution in [1.82, 2.24) is 5.09 Å². The van der Waals surface area contributed by atoms with Gasteiger partial charge in [0, 0.05) is 6.04 Å². The van der Waals surface area contributed by atoms with Crippen molar-refractivity contribution in [1.29, 1.82) is 0 Å². The Morgan fingerprint density at radius 3 is 2.14 bits per heavy atom. The van der Waals surface area contributed by atoms with Gasteiger partial charge in [-0.05, 0) is 48.2 Å². The highest BCUT2D eigenvalue weighted by Crippen LogP contribution is 2.53. The van der Waals surface area contributed by atoms with Gasteiger partial charge in [-0.3, -0.25) is 9.36 Å². The molecule has 0 saturated heterocycles. The lowest BCUT2D eigenvalue weighted by atomic mass is 9.87. The van der Waals surface area contributed by atoms with Crippen LogP contribution < -0.4 is 5.09 Å². The van der Waals surface area contributed by atoms with Crippen molar-refractivity contribution in [3.63, 3.8) is 0 Å². The summed E-state index contributed by atoms with van der Waals surface area (Å²) in [4.78, 5) is 10.6. The second-order valence-corrected chi connectivity index (χ2v) is 8.04. The van der Waals surface area contributed by atoms with Gasteiger partial charge < -0.3 is 5.11 Å². The van der Waals surface area contributed by atoms with Crippen LogP contribution in [-0.2, 0) is 9.36 Å². The van der Waals surface area contributed by atoms with E-state index in [2.05, 4.69) is 5.09 Å². The minimum atomic E-state index is -3.23. The van der Waals surface area contributed by atoms with Gasteiger partial charge in [-0.25, -0.2) is 5.09 Å². The van der Waals surface area contributed by atoms with Gasteiger partial charge in [-0.15, -0.1) is 0 Å². The lowest BCUT2D eigenvalue weighted by Gasteiger charge is -2.26. The monoisotopic (exact) mass is 259 g/mol. The molecule has 2 N–H and O–H groups in total. The summed E-state index contributed by atoms with van der Waals surface area (Å²) in [5.41, 5.74) is 0. The number of carboxylic acids is 1. The zero-order chi connectivity index (χ0) is 10.8. The molecule has 0 spiro atoms. The zero-order valence-electron chi connectivity index (χ0n) is 7.45. The summed E-state index contributed by atoms with van der Waals surface area (Å²) < 4.78 is 11.0. The van der Waals surface area contributed by atoms with Gasteiger partial charge in [0.1, 0.15) is 0 Å². The highest BCUT2D eigenvalue weighted by atomic mass is 35.9. The molecule has 1 aliphatic carbocycles. The summed E-state index contributed by atoms with van der Waals surface area (Å²) in [6.07, 6.45) is 2.47. The van der Waals surface area contributed by atoms with E-state index in [1.165, 1.54) is 0 Å². The number of nitrogens with one attached hydrogen (secondary N) is 1. The fourth-order valence-corrected chi connectivity index (χ4v) is 3.19. The fraction of sp³-hybridized carbons (Fsp3) is 0.857. The summed E-state index contributed by atoms with van der Waals surface area (Å²) in [7, 11) is 0. The van der Waals surface area contributed by atoms with Crippen molar-refractivity contribution >= 4 is 34.4 Å². The third kappa shape index (κ3) is 4.18. The number of halogens is 2. The van der Waals surface area contributed by atoms with Crippen LogP contribution >= 0.6 is 28.5 Å². The molecule has 14 heavy (non-hydrogen) atoms. The summed E-state index contributed by atoms with van der Waals surface area (Å²) in [5, 5.41) is 11.3. The molecule has 1 rings (SSSR count). The van der Waals surface area contributed by atoms with Crippen LogP contribution in [0.1, 0.15) is 25.7 Å². The van der Waals surface area contributed by atoms with Gasteiger partial charge >= 0.3 is 12.0 Å². The number of rotatable bonds is 3. The van der Waals surface area contributed by atoms with E-state index < -0.39 is 12.0 Å². The van der Waals surface area contributed by atoms with Gasteiger partial charge in [0.2, 0.25) is 0 Å². The molecular formula is C7H12Cl2NO3P. The van der Waals surface area contributed by atoms with E-state index in [0.717, 1.165) is 0 Å². The summed E-state index contributed by atoms with van der Waals surface area (Å²) in [6, 6.07) is -0.0218. The van der Waals surface area contributed by atoms with Gasteiger partial charge in [0.15, 0.2) is 0 Å². The Labute approximate surface area is 92.0 Å². The standard InChI is InChI=1S/C7H12Cl2NO3P/c8-14(9,13)10-6-3-1-5(2-4-6)7(11)12/h5-6H,1-4H2,(H,10,13)(H,11,12). The first kappa shape index (κ1) is 12.3. The van der Waals surface area contributed by atoms with Gasteiger partial charge in [0.25, 0.3) is 0 Å². The molecule has 0 unspecified atom stereocenters. The highest BCUT2D eigenvalue weighted by molar-refractivity contribution is 8.07. The van der Waals surface area contributed by atoms with Gasteiger partial charge in [0.05, 0.1) is 5.92 Å². The average Bonchev–Trinajstić information content (AvgIpc) is 2.02. The smallest absolute Gasteiger partial charge is 0.319 e. The van der Waals surface area contributed by atoms with Crippen molar-refractivity contribution in [2.45, 2.75) is 31.7 Å². The predicted octanol–water partition coefficient (Wildman–Crippen LogP) is 2.81. The number of hydrogen-bond acceptors (Lipinski definition) is 2. The highest BCUT2D eigenvalue weighted by Gasteiger charge is 2.28. The molecule has 1 fully saturated rings. The molecule has 0 amide bonds. The first-order valence-electron chi connectivity index (χ1n) is 4.38. The summed E-state index contributed by atoms with van der Waals surface area (Å²) in [5.74, 6) is -4.27. The molecule has 0 bridgehead atoms. The first-order chi connectivity index (χ1) is 6.38. The molecule has 1 saturated carbocycles. The predicted molar refractivity (Wildman–Crippen MR) is 55.8 cm³/mol. The lowest BCUT2D eigenvalue weighted by Crippen LogP contribution is -2.31. The average molecular weight is 260 g/mol. The number of carbonyl (C=O) groups is 1. The molecule has 0 aromatic carbocycles. The van der Waals surface area contributed by atoms with Crippen LogP contribution in [0.15, 0.2) is 0 Å². The van der Waals surface area contributed by atoms with E-state index in [9.17, 15) is 9.36 Å². The Kier molecular flexibility index (Phi) is 4.26. The van der Waals surface area contributed by atoms with Crippen LogP contribution in [0.3, 0.4) is 0 Å². The minimum absolute atomic E-state index is 0.0218. The lowest BCUT2D eigenvalue weighted by molar-refractivity contribution is -0.142. The molecule has 0 atom stereocenters. The molecular weight excluding hydrogens is 248 g/mol. The molecule has 7 heteroatoms. The Bertz CT molecular complexity index is 260. The maximum atomic E-state index is 11.0. The quantitative estimate of drug-likeness (QED) is 0.765.